The van der Waals surface area contributed by atoms with Crippen molar-refractivity contribution in [1.82, 2.24) is 4.98 Å². The number of thioether (sulfide) groups is 1. The zero-order valence-electron chi connectivity index (χ0n) is 12.7. The highest BCUT2D eigenvalue weighted by atomic mass is 32.2. The quantitative estimate of drug-likeness (QED) is 0.827. The highest BCUT2D eigenvalue weighted by Crippen LogP contribution is 2.31. The summed E-state index contributed by atoms with van der Waals surface area (Å²) in [6, 6.07) is 5.41. The third-order valence-corrected chi connectivity index (χ3v) is 4.18. The standard InChI is InChI=1S/C15H20N2O3S/c1-9-10(2)20-15(17-9)21-8-13(16)12-7-11(18-3)5-6-14(12)19-4/h5-7,13H,8,16H2,1-4H3. The average molecular weight is 308 g/mol. The van der Waals surface area contributed by atoms with Gasteiger partial charge < -0.3 is 19.6 Å². The third-order valence-electron chi connectivity index (χ3n) is 3.23. The molecule has 1 aromatic carbocycles. The Morgan fingerprint density at radius 2 is 2.05 bits per heavy atom. The normalized spacial score (nSPS) is 12.2. The maximum atomic E-state index is 6.26. The van der Waals surface area contributed by atoms with Gasteiger partial charge in [0.05, 0.1) is 19.9 Å². The fourth-order valence-corrected chi connectivity index (χ4v) is 2.77. The Hall–Kier alpha value is -1.66. The number of oxazole rings is 1. The molecule has 1 atom stereocenters. The number of benzene rings is 1. The topological polar surface area (TPSA) is 70.5 Å². The van der Waals surface area contributed by atoms with E-state index >= 15 is 0 Å². The molecule has 2 rings (SSSR count). The zero-order valence-corrected chi connectivity index (χ0v) is 13.5. The van der Waals surface area contributed by atoms with Crippen LogP contribution in [0.4, 0.5) is 0 Å². The molecule has 21 heavy (non-hydrogen) atoms. The highest BCUT2D eigenvalue weighted by Gasteiger charge is 2.15. The molecule has 6 heteroatoms. The van der Waals surface area contributed by atoms with E-state index in [1.54, 1.807) is 14.2 Å². The maximum Gasteiger partial charge on any atom is 0.256 e. The Bertz CT molecular complexity index is 593. The predicted octanol–water partition coefficient (Wildman–Crippen LogP) is 3.10. The molecule has 114 valence electrons. The van der Waals surface area contributed by atoms with E-state index in [4.69, 9.17) is 19.6 Å². The molecule has 2 N–H and O–H groups in total. The van der Waals surface area contributed by atoms with Crippen LogP contribution in [0.5, 0.6) is 11.5 Å². The first kappa shape index (κ1) is 15.7. The lowest BCUT2D eigenvalue weighted by Gasteiger charge is -2.15. The van der Waals surface area contributed by atoms with E-state index in [0.29, 0.717) is 11.0 Å². The number of aromatic nitrogens is 1. The van der Waals surface area contributed by atoms with Gasteiger partial charge in [0.25, 0.3) is 5.22 Å². The molecule has 0 bridgehead atoms. The summed E-state index contributed by atoms with van der Waals surface area (Å²) in [5.41, 5.74) is 8.08. The van der Waals surface area contributed by atoms with Crippen LogP contribution in [0.2, 0.25) is 0 Å². The van der Waals surface area contributed by atoms with Crippen molar-refractivity contribution in [1.29, 1.82) is 0 Å². The van der Waals surface area contributed by atoms with Gasteiger partial charge in [-0.1, -0.05) is 11.8 Å². The van der Waals surface area contributed by atoms with Gasteiger partial charge >= 0.3 is 0 Å². The van der Waals surface area contributed by atoms with E-state index < -0.39 is 0 Å². The minimum atomic E-state index is -0.201. The van der Waals surface area contributed by atoms with Gasteiger partial charge in [0.1, 0.15) is 17.3 Å². The Kier molecular flexibility index (Phi) is 5.14. The van der Waals surface area contributed by atoms with Gasteiger partial charge in [-0.15, -0.1) is 0 Å². The fourth-order valence-electron chi connectivity index (χ4n) is 1.89. The number of ether oxygens (including phenoxy) is 2. The number of nitrogens with zero attached hydrogens (tertiary/aromatic N) is 1. The van der Waals surface area contributed by atoms with Crippen LogP contribution < -0.4 is 15.2 Å². The molecule has 1 unspecified atom stereocenters. The molecular formula is C15H20N2O3S. The number of methoxy groups -OCH3 is 2. The molecular weight excluding hydrogens is 288 g/mol. The van der Waals surface area contributed by atoms with Crippen LogP contribution in [0.15, 0.2) is 27.8 Å². The zero-order chi connectivity index (χ0) is 15.4. The van der Waals surface area contributed by atoms with E-state index in [0.717, 1.165) is 28.5 Å². The van der Waals surface area contributed by atoms with E-state index in [9.17, 15) is 0 Å². The van der Waals surface area contributed by atoms with Crippen LogP contribution in [-0.4, -0.2) is 25.0 Å². The Labute approximate surface area is 128 Å². The molecule has 0 amide bonds. The largest absolute Gasteiger partial charge is 0.497 e. The van der Waals surface area contributed by atoms with Crippen LogP contribution in [0.25, 0.3) is 0 Å². The summed E-state index contributed by atoms with van der Waals surface area (Å²) in [6.07, 6.45) is 0. The second-order valence-electron chi connectivity index (χ2n) is 4.65. The smallest absolute Gasteiger partial charge is 0.256 e. The second kappa shape index (κ2) is 6.87. The number of hydrogen-bond acceptors (Lipinski definition) is 6. The molecule has 1 heterocycles. The lowest BCUT2D eigenvalue weighted by Crippen LogP contribution is -2.14. The summed E-state index contributed by atoms with van der Waals surface area (Å²) >= 11 is 1.49. The lowest BCUT2D eigenvalue weighted by atomic mass is 10.1. The van der Waals surface area contributed by atoms with Crippen LogP contribution in [0.3, 0.4) is 0 Å². The first-order valence-electron chi connectivity index (χ1n) is 6.59. The van der Waals surface area contributed by atoms with E-state index in [1.807, 2.05) is 32.0 Å². The first-order chi connectivity index (χ1) is 10.0. The SMILES string of the molecule is COc1ccc(OC)c(C(N)CSc2nc(C)c(C)o2)c1. The first-order valence-corrected chi connectivity index (χ1v) is 7.58. The van der Waals surface area contributed by atoms with Crippen molar-refractivity contribution in [2.45, 2.75) is 25.1 Å². The molecule has 0 aliphatic carbocycles. The molecule has 0 saturated heterocycles. The summed E-state index contributed by atoms with van der Waals surface area (Å²) in [6.45, 7) is 3.82. The predicted molar refractivity (Wildman–Crippen MR) is 83.2 cm³/mol. The average Bonchev–Trinajstić information content (AvgIpc) is 2.82. The molecule has 0 saturated carbocycles. The van der Waals surface area contributed by atoms with Gasteiger partial charge in [-0.05, 0) is 32.0 Å². The van der Waals surface area contributed by atoms with Crippen molar-refractivity contribution in [3.63, 3.8) is 0 Å². The molecule has 0 aliphatic heterocycles. The van der Waals surface area contributed by atoms with Gasteiger partial charge in [0.2, 0.25) is 0 Å². The summed E-state index contributed by atoms with van der Waals surface area (Å²) in [4.78, 5) is 4.34. The van der Waals surface area contributed by atoms with Gasteiger partial charge in [-0.25, -0.2) is 4.98 Å². The molecule has 0 radical (unpaired) electrons. The lowest BCUT2D eigenvalue weighted by molar-refractivity contribution is 0.396. The van der Waals surface area contributed by atoms with Crippen molar-refractivity contribution in [2.75, 3.05) is 20.0 Å². The number of nitrogens with two attached hydrogens (primary N) is 1. The summed E-state index contributed by atoms with van der Waals surface area (Å²) in [7, 11) is 3.26. The van der Waals surface area contributed by atoms with Crippen molar-refractivity contribution in [2.24, 2.45) is 5.73 Å². The van der Waals surface area contributed by atoms with Crippen LogP contribution in [0.1, 0.15) is 23.1 Å². The molecule has 2 aromatic rings. The second-order valence-corrected chi connectivity index (χ2v) is 5.62. The molecule has 0 spiro atoms. The van der Waals surface area contributed by atoms with Crippen molar-refractivity contribution in [3.8, 4) is 11.5 Å². The molecule has 5 nitrogen and oxygen atoms in total. The molecule has 1 aromatic heterocycles. The van der Waals surface area contributed by atoms with E-state index in [1.165, 1.54) is 11.8 Å². The Balaban J connectivity index is 2.10. The van der Waals surface area contributed by atoms with Crippen molar-refractivity contribution in [3.05, 3.63) is 35.2 Å². The Morgan fingerprint density at radius 1 is 1.29 bits per heavy atom. The van der Waals surface area contributed by atoms with Crippen LogP contribution in [-0.2, 0) is 0 Å². The van der Waals surface area contributed by atoms with E-state index in [-0.39, 0.29) is 6.04 Å². The summed E-state index contributed by atoms with van der Waals surface area (Å²) in [5, 5.41) is 0.641. The minimum absolute atomic E-state index is 0.201. The van der Waals surface area contributed by atoms with Gasteiger partial charge in [0.15, 0.2) is 0 Å². The molecule has 0 fully saturated rings. The highest BCUT2D eigenvalue weighted by molar-refractivity contribution is 7.99. The summed E-state index contributed by atoms with van der Waals surface area (Å²) < 4.78 is 16.1. The van der Waals surface area contributed by atoms with Gasteiger partial charge in [0, 0.05) is 17.4 Å². The van der Waals surface area contributed by atoms with Crippen molar-refractivity contribution < 1.29 is 13.9 Å². The monoisotopic (exact) mass is 308 g/mol. The number of hydrogen-bond donors (Lipinski definition) is 1. The van der Waals surface area contributed by atoms with E-state index in [2.05, 4.69) is 4.98 Å². The molecule has 0 aliphatic rings. The maximum absolute atomic E-state index is 6.26. The van der Waals surface area contributed by atoms with Crippen LogP contribution >= 0.6 is 11.8 Å². The van der Waals surface area contributed by atoms with Crippen LogP contribution in [0, 0.1) is 13.8 Å². The minimum Gasteiger partial charge on any atom is -0.497 e. The number of rotatable bonds is 6. The van der Waals surface area contributed by atoms with Gasteiger partial charge in [-0.2, -0.15) is 0 Å². The number of aryl methyl sites for hydroxylation is 2. The third kappa shape index (κ3) is 3.71. The fraction of sp³-hybridized carbons (Fsp3) is 0.400. The Morgan fingerprint density at radius 3 is 2.62 bits per heavy atom. The van der Waals surface area contributed by atoms with Crippen molar-refractivity contribution >= 4 is 11.8 Å². The van der Waals surface area contributed by atoms with Gasteiger partial charge in [-0.3, -0.25) is 0 Å². The summed E-state index contributed by atoms with van der Waals surface area (Å²) in [5.74, 6) is 2.99.